The Kier molecular flexibility index (Phi) is 1.46. The first-order valence-corrected chi connectivity index (χ1v) is 6.59. The number of aliphatic hydroxyl groups is 1. The highest BCUT2D eigenvalue weighted by atomic mass is 16.6. The zero-order valence-corrected chi connectivity index (χ0v) is 10.1. The number of hydrogen-bond acceptors (Lipinski definition) is 2. The van der Waals surface area contributed by atoms with E-state index in [-0.39, 0.29) is 11.0 Å². The van der Waals surface area contributed by atoms with Crippen LogP contribution in [0.5, 0.6) is 0 Å². The van der Waals surface area contributed by atoms with Crippen LogP contribution in [0.4, 0.5) is 0 Å². The highest BCUT2D eigenvalue weighted by Crippen LogP contribution is 2.68. The third-order valence-corrected chi connectivity index (χ3v) is 5.96. The average Bonchev–Trinajstić information content (AvgIpc) is 2.72. The predicted molar refractivity (Wildman–Crippen MR) is 61.0 cm³/mol. The second-order valence-corrected chi connectivity index (χ2v) is 6.68. The zero-order chi connectivity index (χ0) is 11.2. The molecule has 1 saturated heterocycles. The van der Waals surface area contributed by atoms with Gasteiger partial charge in [0.05, 0.1) is 17.3 Å². The first kappa shape index (κ1) is 9.67. The number of hydrogen-bond donors (Lipinski definition) is 1. The second kappa shape index (κ2) is 2.41. The Hall–Kier alpha value is -0.340. The summed E-state index contributed by atoms with van der Waals surface area (Å²) in [5.41, 5.74) is 1.15. The van der Waals surface area contributed by atoms with Gasteiger partial charge < -0.3 is 9.84 Å². The fourth-order valence-corrected chi connectivity index (χ4v) is 4.84. The fourth-order valence-electron chi connectivity index (χ4n) is 4.84. The minimum atomic E-state index is -0.434. The van der Waals surface area contributed by atoms with Gasteiger partial charge in [-0.1, -0.05) is 11.6 Å². The summed E-state index contributed by atoms with van der Waals surface area (Å²) < 4.78 is 5.84. The Morgan fingerprint density at radius 3 is 2.94 bits per heavy atom. The average molecular weight is 220 g/mol. The molecule has 0 aromatic rings. The molecular weight excluding hydrogens is 200 g/mol. The first-order chi connectivity index (χ1) is 7.49. The number of fused-ring (bicyclic) bond motifs is 1. The Balaban J connectivity index is 1.81. The third kappa shape index (κ3) is 0.853. The summed E-state index contributed by atoms with van der Waals surface area (Å²) >= 11 is 0. The van der Waals surface area contributed by atoms with Crippen molar-refractivity contribution in [3.05, 3.63) is 11.6 Å². The van der Waals surface area contributed by atoms with Crippen LogP contribution in [0.2, 0.25) is 0 Å². The van der Waals surface area contributed by atoms with Crippen molar-refractivity contribution in [2.24, 2.45) is 11.3 Å². The molecule has 0 unspecified atom stereocenters. The van der Waals surface area contributed by atoms with Gasteiger partial charge in [0.15, 0.2) is 0 Å². The molecule has 0 aromatic carbocycles. The largest absolute Gasteiger partial charge is 0.388 e. The molecule has 0 aromatic heterocycles. The lowest BCUT2D eigenvalue weighted by Crippen LogP contribution is -2.43. The van der Waals surface area contributed by atoms with E-state index >= 15 is 0 Å². The predicted octanol–water partition coefficient (Wildman–Crippen LogP) is 2.42. The minimum Gasteiger partial charge on any atom is -0.388 e. The van der Waals surface area contributed by atoms with E-state index in [9.17, 15) is 5.11 Å². The molecular formula is C14H20O2. The standard InChI is InChI=1S/C14H20O2/c1-9-7-13-4-3-10(9)14(13,15)6-5-12(2)11(8-13)16-12/h7,10-11,15H,3-6,8H2,1-2H3/t10-,11+,12-,13+,14-/m0/s1. The van der Waals surface area contributed by atoms with Gasteiger partial charge in [0.25, 0.3) is 0 Å². The molecule has 2 bridgehead atoms. The third-order valence-electron chi connectivity index (χ3n) is 5.96. The SMILES string of the molecule is CC1=C[C@@]23CC[C@@H]1[C@@]2(O)CC[C@]1(C)O[C@@H]1C3. The summed E-state index contributed by atoms with van der Waals surface area (Å²) in [7, 11) is 0. The highest BCUT2D eigenvalue weighted by Gasteiger charge is 2.69. The van der Waals surface area contributed by atoms with Crippen molar-refractivity contribution in [2.45, 2.75) is 63.3 Å². The summed E-state index contributed by atoms with van der Waals surface area (Å²) in [6.07, 6.45) is 8.15. The van der Waals surface area contributed by atoms with Crippen molar-refractivity contribution >= 4 is 0 Å². The Morgan fingerprint density at radius 1 is 1.38 bits per heavy atom. The van der Waals surface area contributed by atoms with E-state index in [1.54, 1.807) is 0 Å². The van der Waals surface area contributed by atoms with E-state index in [4.69, 9.17) is 4.74 Å². The second-order valence-electron chi connectivity index (χ2n) is 6.68. The number of rotatable bonds is 0. The Morgan fingerprint density at radius 2 is 2.19 bits per heavy atom. The smallest absolute Gasteiger partial charge is 0.0921 e. The van der Waals surface area contributed by atoms with Crippen LogP contribution < -0.4 is 0 Å². The molecule has 1 heterocycles. The molecule has 3 aliphatic carbocycles. The summed E-state index contributed by atoms with van der Waals surface area (Å²) in [5.74, 6) is 0.439. The van der Waals surface area contributed by atoms with Crippen LogP contribution in [0.15, 0.2) is 11.6 Å². The van der Waals surface area contributed by atoms with E-state index in [2.05, 4.69) is 19.9 Å². The van der Waals surface area contributed by atoms with Crippen LogP contribution in [0.1, 0.15) is 46.0 Å². The van der Waals surface area contributed by atoms with E-state index in [0.29, 0.717) is 12.0 Å². The maximum absolute atomic E-state index is 11.1. The van der Waals surface area contributed by atoms with E-state index in [1.807, 2.05) is 0 Å². The van der Waals surface area contributed by atoms with Gasteiger partial charge in [-0.15, -0.1) is 0 Å². The molecule has 0 amide bonds. The molecule has 0 radical (unpaired) electrons. The first-order valence-electron chi connectivity index (χ1n) is 6.59. The van der Waals surface area contributed by atoms with Gasteiger partial charge in [-0.25, -0.2) is 0 Å². The maximum Gasteiger partial charge on any atom is 0.0921 e. The van der Waals surface area contributed by atoms with E-state index < -0.39 is 5.60 Å². The fraction of sp³-hybridized carbons (Fsp3) is 0.857. The van der Waals surface area contributed by atoms with Crippen molar-refractivity contribution < 1.29 is 9.84 Å². The van der Waals surface area contributed by atoms with Crippen molar-refractivity contribution in [3.8, 4) is 0 Å². The maximum atomic E-state index is 11.1. The molecule has 16 heavy (non-hydrogen) atoms. The lowest BCUT2D eigenvalue weighted by Gasteiger charge is -2.38. The molecule has 88 valence electrons. The van der Waals surface area contributed by atoms with Crippen molar-refractivity contribution in [3.63, 3.8) is 0 Å². The van der Waals surface area contributed by atoms with Crippen LogP contribution in [0.3, 0.4) is 0 Å². The minimum absolute atomic E-state index is 0.0562. The molecule has 2 nitrogen and oxygen atoms in total. The van der Waals surface area contributed by atoms with Gasteiger partial charge >= 0.3 is 0 Å². The summed E-state index contributed by atoms with van der Waals surface area (Å²) in [6, 6.07) is 0. The number of epoxide rings is 1. The lowest BCUT2D eigenvalue weighted by atomic mass is 9.72. The molecule has 2 heteroatoms. The van der Waals surface area contributed by atoms with Crippen molar-refractivity contribution in [2.75, 3.05) is 0 Å². The van der Waals surface area contributed by atoms with Crippen molar-refractivity contribution in [1.82, 2.24) is 0 Å². The van der Waals surface area contributed by atoms with Gasteiger partial charge in [0.2, 0.25) is 0 Å². The lowest BCUT2D eigenvalue weighted by molar-refractivity contribution is -0.0629. The van der Waals surface area contributed by atoms with Gasteiger partial charge in [-0.3, -0.25) is 0 Å². The zero-order valence-electron chi connectivity index (χ0n) is 10.1. The van der Waals surface area contributed by atoms with Gasteiger partial charge in [0, 0.05) is 11.3 Å². The molecule has 1 aliphatic heterocycles. The topological polar surface area (TPSA) is 32.8 Å². The molecule has 3 fully saturated rings. The van der Waals surface area contributed by atoms with Crippen LogP contribution in [-0.2, 0) is 4.74 Å². The van der Waals surface area contributed by atoms with Gasteiger partial charge in [-0.05, 0) is 46.0 Å². The summed E-state index contributed by atoms with van der Waals surface area (Å²) in [5, 5.41) is 11.1. The Bertz CT molecular complexity index is 402. The van der Waals surface area contributed by atoms with Crippen LogP contribution in [0.25, 0.3) is 0 Å². The number of ether oxygens (including phenoxy) is 1. The van der Waals surface area contributed by atoms with Crippen LogP contribution in [-0.4, -0.2) is 22.4 Å². The van der Waals surface area contributed by atoms with Crippen molar-refractivity contribution in [1.29, 1.82) is 0 Å². The summed E-state index contributed by atoms with van der Waals surface area (Å²) in [6.45, 7) is 4.41. The molecule has 1 N–H and O–H groups in total. The molecule has 5 atom stereocenters. The van der Waals surface area contributed by atoms with E-state index in [0.717, 1.165) is 19.3 Å². The monoisotopic (exact) mass is 220 g/mol. The molecule has 4 rings (SSSR count). The van der Waals surface area contributed by atoms with E-state index in [1.165, 1.54) is 18.4 Å². The van der Waals surface area contributed by atoms with Gasteiger partial charge in [0.1, 0.15) is 0 Å². The molecule has 0 spiro atoms. The molecule has 4 aliphatic rings. The van der Waals surface area contributed by atoms with Crippen LogP contribution in [0, 0.1) is 11.3 Å². The molecule has 2 saturated carbocycles. The quantitative estimate of drug-likeness (QED) is 0.502. The normalized spacial score (nSPS) is 62.3. The Labute approximate surface area is 96.7 Å². The van der Waals surface area contributed by atoms with Gasteiger partial charge in [-0.2, -0.15) is 0 Å². The van der Waals surface area contributed by atoms with Crippen LogP contribution >= 0.6 is 0 Å². The highest BCUT2D eigenvalue weighted by molar-refractivity contribution is 5.35. The summed E-state index contributed by atoms with van der Waals surface area (Å²) in [4.78, 5) is 0.